The number of amides is 1. The topological polar surface area (TPSA) is 118 Å². The van der Waals surface area contributed by atoms with E-state index in [1.54, 1.807) is 30.6 Å². The van der Waals surface area contributed by atoms with E-state index in [-0.39, 0.29) is 28.7 Å². The molecule has 1 N–H and O–H groups in total. The van der Waals surface area contributed by atoms with Crippen LogP contribution < -0.4 is 5.32 Å². The first-order valence-electron chi connectivity index (χ1n) is 9.76. The Kier molecular flexibility index (Phi) is 6.30. The van der Waals surface area contributed by atoms with Crippen LogP contribution in [0.25, 0.3) is 11.4 Å². The first kappa shape index (κ1) is 21.4. The number of carbonyl (C=O) groups is 1. The maximum atomic E-state index is 12.8. The van der Waals surface area contributed by atoms with Gasteiger partial charge < -0.3 is 9.84 Å². The maximum Gasteiger partial charge on any atom is 0.244 e. The summed E-state index contributed by atoms with van der Waals surface area (Å²) in [7, 11) is -3.69. The third-order valence-electron chi connectivity index (χ3n) is 4.87. The van der Waals surface area contributed by atoms with E-state index >= 15 is 0 Å². The fraction of sp³-hybridized carbons (Fsp3) is 0.300. The van der Waals surface area contributed by atoms with Crippen LogP contribution in [0.15, 0.2) is 52.1 Å². The number of hydrogen-bond acceptors (Lipinski definition) is 7. The number of hydrogen-bond donors (Lipinski definition) is 1. The molecule has 3 aromatic rings. The summed E-state index contributed by atoms with van der Waals surface area (Å²) in [6, 6.07) is 7.95. The molecule has 3 heterocycles. The fourth-order valence-corrected chi connectivity index (χ4v) is 5.28. The molecule has 11 heteroatoms. The van der Waals surface area contributed by atoms with Gasteiger partial charge in [0.2, 0.25) is 27.6 Å². The molecule has 0 spiro atoms. The number of anilines is 1. The molecule has 1 aliphatic heterocycles. The van der Waals surface area contributed by atoms with Crippen molar-refractivity contribution in [2.45, 2.75) is 30.6 Å². The Balaban J connectivity index is 1.39. The largest absolute Gasteiger partial charge is 0.339 e. The average Bonchev–Trinajstić information content (AvgIpc) is 3.47. The zero-order chi connectivity index (χ0) is 21.8. The van der Waals surface area contributed by atoms with Crippen LogP contribution in [0.5, 0.6) is 0 Å². The van der Waals surface area contributed by atoms with Gasteiger partial charge in [-0.2, -0.15) is 9.29 Å². The highest BCUT2D eigenvalue weighted by Crippen LogP contribution is 2.29. The summed E-state index contributed by atoms with van der Waals surface area (Å²) < 4.78 is 32.2. The van der Waals surface area contributed by atoms with Crippen LogP contribution in [0.4, 0.5) is 5.69 Å². The number of nitrogens with zero attached hydrogens (tertiary/aromatic N) is 4. The van der Waals surface area contributed by atoms with Gasteiger partial charge in [0, 0.05) is 49.6 Å². The lowest BCUT2D eigenvalue weighted by Gasteiger charge is -2.17. The Hall–Kier alpha value is -2.82. The van der Waals surface area contributed by atoms with Gasteiger partial charge in [-0.05, 0) is 43.2 Å². The SMILES string of the molecule is O=C(CCc1nc(-c2ccncc2)no1)Nc1ccc(Cl)c(S(=O)(=O)N2CCCC2)c1. The first-order chi connectivity index (χ1) is 14.9. The number of halogens is 1. The highest BCUT2D eigenvalue weighted by Gasteiger charge is 2.29. The average molecular weight is 462 g/mol. The van der Waals surface area contributed by atoms with Crippen molar-refractivity contribution < 1.29 is 17.7 Å². The van der Waals surface area contributed by atoms with Crippen molar-refractivity contribution in [1.82, 2.24) is 19.4 Å². The molecule has 0 bridgehead atoms. The molecule has 1 aromatic carbocycles. The van der Waals surface area contributed by atoms with E-state index in [1.165, 1.54) is 16.4 Å². The Morgan fingerprint density at radius 1 is 1.16 bits per heavy atom. The quantitative estimate of drug-likeness (QED) is 0.574. The van der Waals surface area contributed by atoms with Crippen LogP contribution in [0.1, 0.15) is 25.2 Å². The highest BCUT2D eigenvalue weighted by atomic mass is 35.5. The molecule has 2 aromatic heterocycles. The predicted octanol–water partition coefficient (Wildman–Crippen LogP) is 3.14. The van der Waals surface area contributed by atoms with Crippen molar-refractivity contribution in [2.24, 2.45) is 0 Å². The van der Waals surface area contributed by atoms with Crippen molar-refractivity contribution in [3.63, 3.8) is 0 Å². The normalized spacial score (nSPS) is 14.6. The van der Waals surface area contributed by atoms with Gasteiger partial charge in [0.05, 0.1) is 5.02 Å². The molecule has 0 atom stereocenters. The van der Waals surface area contributed by atoms with Crippen molar-refractivity contribution in [2.75, 3.05) is 18.4 Å². The lowest BCUT2D eigenvalue weighted by molar-refractivity contribution is -0.116. The van der Waals surface area contributed by atoms with Crippen LogP contribution >= 0.6 is 11.6 Å². The van der Waals surface area contributed by atoms with Crippen LogP contribution in [-0.2, 0) is 21.2 Å². The summed E-state index contributed by atoms with van der Waals surface area (Å²) in [6.07, 6.45) is 5.25. The Morgan fingerprint density at radius 2 is 1.90 bits per heavy atom. The summed E-state index contributed by atoms with van der Waals surface area (Å²) in [6.45, 7) is 0.946. The van der Waals surface area contributed by atoms with Gasteiger partial charge in [-0.3, -0.25) is 9.78 Å². The van der Waals surface area contributed by atoms with Crippen LogP contribution in [0.2, 0.25) is 5.02 Å². The highest BCUT2D eigenvalue weighted by molar-refractivity contribution is 7.89. The minimum Gasteiger partial charge on any atom is -0.339 e. The van der Waals surface area contributed by atoms with E-state index in [0.29, 0.717) is 30.5 Å². The maximum absolute atomic E-state index is 12.8. The third-order valence-corrected chi connectivity index (χ3v) is 7.25. The molecule has 0 radical (unpaired) electrons. The second-order valence-electron chi connectivity index (χ2n) is 7.05. The molecule has 4 rings (SSSR count). The number of carbonyl (C=O) groups excluding carboxylic acids is 1. The van der Waals surface area contributed by atoms with Gasteiger partial charge in [0.1, 0.15) is 4.90 Å². The van der Waals surface area contributed by atoms with Crippen LogP contribution in [0, 0.1) is 0 Å². The summed E-state index contributed by atoms with van der Waals surface area (Å²) in [5.74, 6) is 0.443. The molecular weight excluding hydrogens is 442 g/mol. The van der Waals surface area contributed by atoms with Gasteiger partial charge in [0.15, 0.2) is 0 Å². The number of rotatable bonds is 7. The standard InChI is InChI=1S/C20H20ClN5O4S/c21-16-4-3-15(13-17(16)31(28,29)26-11-1-2-12-26)23-18(27)5-6-19-24-20(25-30-19)14-7-9-22-10-8-14/h3-4,7-10,13H,1-2,5-6,11-12H2,(H,23,27). The Bertz CT molecular complexity index is 1180. The van der Waals surface area contributed by atoms with Crippen molar-refractivity contribution in [1.29, 1.82) is 0 Å². The minimum atomic E-state index is -3.69. The number of sulfonamides is 1. The van der Waals surface area contributed by atoms with E-state index < -0.39 is 10.0 Å². The zero-order valence-electron chi connectivity index (χ0n) is 16.5. The predicted molar refractivity (Wildman–Crippen MR) is 114 cm³/mol. The van der Waals surface area contributed by atoms with Gasteiger partial charge in [-0.15, -0.1) is 0 Å². The molecular formula is C20H20ClN5O4S. The third kappa shape index (κ3) is 4.92. The van der Waals surface area contributed by atoms with Gasteiger partial charge >= 0.3 is 0 Å². The number of pyridine rings is 1. The fourth-order valence-electron chi connectivity index (χ4n) is 3.26. The summed E-state index contributed by atoms with van der Waals surface area (Å²) in [5, 5.41) is 6.73. The zero-order valence-corrected chi connectivity index (χ0v) is 18.1. The van der Waals surface area contributed by atoms with E-state index in [9.17, 15) is 13.2 Å². The van der Waals surface area contributed by atoms with Gasteiger partial charge in [-0.1, -0.05) is 16.8 Å². The van der Waals surface area contributed by atoms with E-state index in [0.717, 1.165) is 18.4 Å². The van der Waals surface area contributed by atoms with Crippen molar-refractivity contribution in [3.8, 4) is 11.4 Å². The Labute approximate surface area is 184 Å². The first-order valence-corrected chi connectivity index (χ1v) is 11.6. The molecule has 0 saturated carbocycles. The molecule has 1 fully saturated rings. The molecule has 0 unspecified atom stereocenters. The summed E-state index contributed by atoms with van der Waals surface area (Å²) in [4.78, 5) is 20.6. The van der Waals surface area contributed by atoms with Gasteiger partial charge in [-0.25, -0.2) is 8.42 Å². The smallest absolute Gasteiger partial charge is 0.244 e. The second kappa shape index (κ2) is 9.13. The molecule has 31 heavy (non-hydrogen) atoms. The van der Waals surface area contributed by atoms with Gasteiger partial charge in [0.25, 0.3) is 0 Å². The van der Waals surface area contributed by atoms with E-state index in [4.69, 9.17) is 16.1 Å². The number of benzene rings is 1. The number of aryl methyl sites for hydroxylation is 1. The molecule has 0 aliphatic carbocycles. The number of aromatic nitrogens is 3. The monoisotopic (exact) mass is 461 g/mol. The Morgan fingerprint density at radius 3 is 2.65 bits per heavy atom. The summed E-state index contributed by atoms with van der Waals surface area (Å²) in [5.41, 5.74) is 1.12. The van der Waals surface area contributed by atoms with E-state index in [2.05, 4.69) is 20.4 Å². The lowest BCUT2D eigenvalue weighted by Crippen LogP contribution is -2.28. The lowest BCUT2D eigenvalue weighted by atomic mass is 10.2. The molecule has 1 saturated heterocycles. The molecule has 162 valence electrons. The molecule has 1 amide bonds. The number of nitrogens with one attached hydrogen (secondary N) is 1. The van der Waals surface area contributed by atoms with Crippen molar-refractivity contribution >= 4 is 33.2 Å². The van der Waals surface area contributed by atoms with E-state index in [1.807, 2.05) is 0 Å². The van der Waals surface area contributed by atoms with Crippen LogP contribution in [-0.4, -0.2) is 46.8 Å². The molecule has 9 nitrogen and oxygen atoms in total. The summed E-state index contributed by atoms with van der Waals surface area (Å²) >= 11 is 6.14. The minimum absolute atomic E-state index is 0.00670. The second-order valence-corrected chi connectivity index (χ2v) is 9.37. The molecule has 1 aliphatic rings. The van der Waals surface area contributed by atoms with Crippen molar-refractivity contribution in [3.05, 3.63) is 53.6 Å². The van der Waals surface area contributed by atoms with Crippen LogP contribution in [0.3, 0.4) is 0 Å².